The minimum atomic E-state index is -0.591. The summed E-state index contributed by atoms with van der Waals surface area (Å²) in [7, 11) is 1.41. The van der Waals surface area contributed by atoms with Crippen molar-refractivity contribution in [3.05, 3.63) is 29.6 Å². The molecule has 1 fully saturated rings. The van der Waals surface area contributed by atoms with E-state index in [1.54, 1.807) is 6.07 Å². The van der Waals surface area contributed by atoms with Crippen LogP contribution in [0, 0.1) is 11.7 Å². The molecular weight excluding hydrogens is 247 g/mol. The molecule has 1 aromatic rings. The second-order valence-corrected chi connectivity index (χ2v) is 5.17. The summed E-state index contributed by atoms with van der Waals surface area (Å²) in [5.74, 6) is -0.464. The lowest BCUT2D eigenvalue weighted by Crippen LogP contribution is -2.53. The van der Waals surface area contributed by atoms with Gasteiger partial charge in [-0.1, -0.05) is 6.07 Å². The van der Waals surface area contributed by atoms with Crippen LogP contribution in [0.5, 0.6) is 5.75 Å². The van der Waals surface area contributed by atoms with Crippen LogP contribution in [-0.2, 0) is 0 Å². The molecule has 5 heteroatoms. The van der Waals surface area contributed by atoms with Crippen LogP contribution in [0.2, 0.25) is 0 Å². The van der Waals surface area contributed by atoms with Gasteiger partial charge in [-0.2, -0.15) is 0 Å². The Hall–Kier alpha value is -1.62. The summed E-state index contributed by atoms with van der Waals surface area (Å²) < 4.78 is 18.9. The molecule has 1 aliphatic rings. The molecule has 2 rings (SSSR count). The van der Waals surface area contributed by atoms with Crippen LogP contribution in [0.25, 0.3) is 0 Å². The molecule has 0 spiro atoms. The number of benzene rings is 1. The summed E-state index contributed by atoms with van der Waals surface area (Å²) in [5, 5.41) is 2.85. The van der Waals surface area contributed by atoms with Gasteiger partial charge in [-0.25, -0.2) is 4.39 Å². The maximum absolute atomic E-state index is 13.8. The summed E-state index contributed by atoms with van der Waals surface area (Å²) >= 11 is 0. The normalized spacial score (nSPS) is 17.7. The molecule has 1 aliphatic carbocycles. The maximum Gasteiger partial charge on any atom is 0.258 e. The second kappa shape index (κ2) is 5.17. The number of hydrogen-bond acceptors (Lipinski definition) is 3. The lowest BCUT2D eigenvalue weighted by atomic mass is 9.95. The van der Waals surface area contributed by atoms with E-state index >= 15 is 0 Å². The van der Waals surface area contributed by atoms with E-state index < -0.39 is 17.3 Å². The predicted molar refractivity (Wildman–Crippen MR) is 70.6 cm³/mol. The standard InChI is InChI=1S/C14H19FN2O2/c1-14(8-16,9-6-7-9)17-13(18)12-10(15)4-3-5-11(12)19-2/h3-5,9H,6-8,16H2,1-2H3,(H,17,18). The van der Waals surface area contributed by atoms with E-state index in [0.29, 0.717) is 12.5 Å². The zero-order chi connectivity index (χ0) is 14.0. The summed E-state index contributed by atoms with van der Waals surface area (Å²) in [4.78, 5) is 12.3. The van der Waals surface area contributed by atoms with Gasteiger partial charge in [-0.3, -0.25) is 4.79 Å². The number of nitrogens with one attached hydrogen (secondary N) is 1. The highest BCUT2D eigenvalue weighted by Gasteiger charge is 2.42. The molecule has 0 saturated heterocycles. The molecule has 1 saturated carbocycles. The molecule has 4 nitrogen and oxygen atoms in total. The number of nitrogens with two attached hydrogens (primary N) is 1. The van der Waals surface area contributed by atoms with E-state index in [9.17, 15) is 9.18 Å². The van der Waals surface area contributed by atoms with Crippen molar-refractivity contribution in [2.24, 2.45) is 11.7 Å². The van der Waals surface area contributed by atoms with Gasteiger partial charge in [0.05, 0.1) is 12.6 Å². The number of rotatable bonds is 5. The van der Waals surface area contributed by atoms with Gasteiger partial charge in [0.25, 0.3) is 5.91 Å². The van der Waals surface area contributed by atoms with E-state index in [2.05, 4.69) is 5.32 Å². The fourth-order valence-electron chi connectivity index (χ4n) is 2.26. The second-order valence-electron chi connectivity index (χ2n) is 5.17. The lowest BCUT2D eigenvalue weighted by Gasteiger charge is -2.29. The monoisotopic (exact) mass is 266 g/mol. The summed E-state index contributed by atoms with van der Waals surface area (Å²) in [5.41, 5.74) is 5.20. The Morgan fingerprint density at radius 1 is 1.58 bits per heavy atom. The molecule has 0 radical (unpaired) electrons. The van der Waals surface area contributed by atoms with E-state index in [1.165, 1.54) is 19.2 Å². The molecule has 104 valence electrons. The van der Waals surface area contributed by atoms with E-state index in [-0.39, 0.29) is 11.3 Å². The van der Waals surface area contributed by atoms with Crippen LogP contribution in [-0.4, -0.2) is 25.1 Å². The van der Waals surface area contributed by atoms with Crippen molar-refractivity contribution in [2.45, 2.75) is 25.3 Å². The van der Waals surface area contributed by atoms with E-state index in [0.717, 1.165) is 12.8 Å². The van der Waals surface area contributed by atoms with Gasteiger partial charge >= 0.3 is 0 Å². The van der Waals surface area contributed by atoms with Crippen molar-refractivity contribution in [1.29, 1.82) is 0 Å². The molecule has 0 bridgehead atoms. The predicted octanol–water partition coefficient (Wildman–Crippen LogP) is 1.69. The van der Waals surface area contributed by atoms with Crippen molar-refractivity contribution in [3.63, 3.8) is 0 Å². The first-order valence-electron chi connectivity index (χ1n) is 6.37. The van der Waals surface area contributed by atoms with Gasteiger partial charge in [0.15, 0.2) is 0 Å². The Kier molecular flexibility index (Phi) is 3.75. The zero-order valence-corrected chi connectivity index (χ0v) is 11.2. The lowest BCUT2D eigenvalue weighted by molar-refractivity contribution is 0.0890. The number of carbonyl (C=O) groups is 1. The number of carbonyl (C=O) groups excluding carboxylic acids is 1. The van der Waals surface area contributed by atoms with Gasteiger partial charge in [-0.05, 0) is 37.8 Å². The Bertz CT molecular complexity index is 488. The van der Waals surface area contributed by atoms with E-state index in [4.69, 9.17) is 10.5 Å². The first-order valence-corrected chi connectivity index (χ1v) is 6.37. The minimum absolute atomic E-state index is 0.0645. The molecule has 1 unspecified atom stereocenters. The topological polar surface area (TPSA) is 64.3 Å². The smallest absolute Gasteiger partial charge is 0.258 e. The summed E-state index contributed by atoms with van der Waals surface area (Å²) in [6.45, 7) is 2.23. The molecular formula is C14H19FN2O2. The molecule has 1 aromatic carbocycles. The Labute approximate surface area is 112 Å². The van der Waals surface area contributed by atoms with Crippen LogP contribution < -0.4 is 15.8 Å². The molecule has 1 amide bonds. The van der Waals surface area contributed by atoms with Gasteiger partial charge in [0, 0.05) is 6.54 Å². The quantitative estimate of drug-likeness (QED) is 0.852. The first kappa shape index (κ1) is 13.8. The van der Waals surface area contributed by atoms with Crippen molar-refractivity contribution in [3.8, 4) is 5.75 Å². The fourth-order valence-corrected chi connectivity index (χ4v) is 2.26. The number of halogens is 1. The average molecular weight is 266 g/mol. The highest BCUT2D eigenvalue weighted by atomic mass is 19.1. The number of hydrogen-bond donors (Lipinski definition) is 2. The number of amides is 1. The van der Waals surface area contributed by atoms with Crippen LogP contribution >= 0.6 is 0 Å². The Morgan fingerprint density at radius 3 is 2.79 bits per heavy atom. The van der Waals surface area contributed by atoms with Gasteiger partial charge in [-0.15, -0.1) is 0 Å². The largest absolute Gasteiger partial charge is 0.496 e. The maximum atomic E-state index is 13.8. The summed E-state index contributed by atoms with van der Waals surface area (Å²) in [6.07, 6.45) is 2.09. The van der Waals surface area contributed by atoms with Crippen LogP contribution in [0.15, 0.2) is 18.2 Å². The van der Waals surface area contributed by atoms with Gasteiger partial charge in [0.1, 0.15) is 17.1 Å². The fraction of sp³-hybridized carbons (Fsp3) is 0.500. The van der Waals surface area contributed by atoms with Gasteiger partial charge < -0.3 is 15.8 Å². The van der Waals surface area contributed by atoms with Crippen LogP contribution in [0.3, 0.4) is 0 Å². The third-order valence-corrected chi connectivity index (χ3v) is 3.72. The van der Waals surface area contributed by atoms with Gasteiger partial charge in [0.2, 0.25) is 0 Å². The Balaban J connectivity index is 2.24. The van der Waals surface area contributed by atoms with Crippen LogP contribution in [0.1, 0.15) is 30.1 Å². The van der Waals surface area contributed by atoms with Crippen molar-refractivity contribution < 1.29 is 13.9 Å². The highest BCUT2D eigenvalue weighted by Crippen LogP contribution is 2.39. The van der Waals surface area contributed by atoms with Crippen molar-refractivity contribution >= 4 is 5.91 Å². The molecule has 3 N–H and O–H groups in total. The average Bonchev–Trinajstić information content (AvgIpc) is 3.22. The molecule has 0 aliphatic heterocycles. The zero-order valence-electron chi connectivity index (χ0n) is 11.2. The minimum Gasteiger partial charge on any atom is -0.496 e. The third-order valence-electron chi connectivity index (χ3n) is 3.72. The Morgan fingerprint density at radius 2 is 2.26 bits per heavy atom. The highest BCUT2D eigenvalue weighted by molar-refractivity contribution is 5.97. The first-order chi connectivity index (χ1) is 9.01. The van der Waals surface area contributed by atoms with Crippen LogP contribution in [0.4, 0.5) is 4.39 Å². The SMILES string of the molecule is COc1cccc(F)c1C(=O)NC(C)(CN)C1CC1. The van der Waals surface area contributed by atoms with Crippen molar-refractivity contribution in [2.75, 3.05) is 13.7 Å². The third kappa shape index (κ3) is 2.71. The van der Waals surface area contributed by atoms with E-state index in [1.807, 2.05) is 6.92 Å². The number of ether oxygens (including phenoxy) is 1. The summed E-state index contributed by atoms with van der Waals surface area (Å²) in [6, 6.07) is 4.32. The molecule has 19 heavy (non-hydrogen) atoms. The molecule has 1 atom stereocenters. The number of methoxy groups -OCH3 is 1. The molecule has 0 heterocycles. The van der Waals surface area contributed by atoms with Crippen molar-refractivity contribution in [1.82, 2.24) is 5.32 Å². The molecule has 0 aromatic heterocycles.